The van der Waals surface area contributed by atoms with Gasteiger partial charge in [0.1, 0.15) is 0 Å². The van der Waals surface area contributed by atoms with Gasteiger partial charge in [-0.2, -0.15) is 5.26 Å². The van der Waals surface area contributed by atoms with Crippen molar-refractivity contribution in [1.82, 2.24) is 0 Å². The highest BCUT2D eigenvalue weighted by atomic mass is 16.3. The predicted molar refractivity (Wildman–Crippen MR) is 40.2 cm³/mol. The van der Waals surface area contributed by atoms with Gasteiger partial charge in [-0.15, -0.1) is 0 Å². The largest absolute Gasteiger partial charge is 0.392 e. The summed E-state index contributed by atoms with van der Waals surface area (Å²) in [4.78, 5) is 0. The first kappa shape index (κ1) is 9.45. The lowest BCUT2D eigenvalue weighted by Gasteiger charge is -2.19. The Morgan fingerprint density at radius 1 is 1.40 bits per heavy atom. The molecule has 0 spiro atoms. The fraction of sp³-hybridized carbons (Fsp3) is 0.875. The second-order valence-electron chi connectivity index (χ2n) is 3.03. The van der Waals surface area contributed by atoms with Crippen LogP contribution in [0.5, 0.6) is 0 Å². The summed E-state index contributed by atoms with van der Waals surface area (Å²) in [6.07, 6.45) is -0.204. The average molecular weight is 141 g/mol. The third kappa shape index (κ3) is 2.84. The molecule has 58 valence electrons. The summed E-state index contributed by atoms with van der Waals surface area (Å²) in [6, 6.07) is 1.95. The molecule has 0 aromatic rings. The van der Waals surface area contributed by atoms with Crippen LogP contribution < -0.4 is 0 Å². The Labute approximate surface area is 62.5 Å². The van der Waals surface area contributed by atoms with Crippen molar-refractivity contribution in [3.8, 4) is 6.07 Å². The Hall–Kier alpha value is -0.550. The van der Waals surface area contributed by atoms with Gasteiger partial charge in [0.25, 0.3) is 0 Å². The number of nitriles is 1. The minimum absolute atomic E-state index is 0.222. The molecule has 0 aliphatic carbocycles. The van der Waals surface area contributed by atoms with E-state index in [1.165, 1.54) is 0 Å². The predicted octanol–water partition coefficient (Wildman–Crippen LogP) is 1.55. The van der Waals surface area contributed by atoms with Crippen LogP contribution in [0.15, 0.2) is 0 Å². The fourth-order valence-corrected chi connectivity index (χ4v) is 0.724. The fourth-order valence-electron chi connectivity index (χ4n) is 0.724. The number of hydrogen-bond acceptors (Lipinski definition) is 2. The standard InChI is InChI=1S/C8H15NO/c1-6(2)7(3)8(10)4-5-9/h6-8,10H,4H2,1-3H3/t7-,8-/m1/s1. The van der Waals surface area contributed by atoms with Crippen LogP contribution in [0.3, 0.4) is 0 Å². The number of hydrogen-bond donors (Lipinski definition) is 1. The quantitative estimate of drug-likeness (QED) is 0.648. The lowest BCUT2D eigenvalue weighted by Crippen LogP contribution is -2.21. The number of aliphatic hydroxyl groups is 1. The van der Waals surface area contributed by atoms with E-state index < -0.39 is 6.10 Å². The Morgan fingerprint density at radius 2 is 1.90 bits per heavy atom. The van der Waals surface area contributed by atoms with Crippen LogP contribution in [-0.2, 0) is 0 Å². The zero-order valence-corrected chi connectivity index (χ0v) is 6.83. The third-order valence-electron chi connectivity index (χ3n) is 1.96. The van der Waals surface area contributed by atoms with Gasteiger partial charge in [0.15, 0.2) is 0 Å². The van der Waals surface area contributed by atoms with Gasteiger partial charge < -0.3 is 5.11 Å². The van der Waals surface area contributed by atoms with E-state index in [2.05, 4.69) is 0 Å². The van der Waals surface area contributed by atoms with Crippen molar-refractivity contribution in [2.24, 2.45) is 11.8 Å². The summed E-state index contributed by atoms with van der Waals surface area (Å²) in [5.74, 6) is 0.669. The molecule has 2 nitrogen and oxygen atoms in total. The molecular weight excluding hydrogens is 126 g/mol. The Balaban J connectivity index is 3.72. The van der Waals surface area contributed by atoms with Crippen molar-refractivity contribution in [1.29, 1.82) is 5.26 Å². The molecule has 0 fully saturated rings. The van der Waals surface area contributed by atoms with Gasteiger partial charge in [-0.05, 0) is 11.8 Å². The maximum absolute atomic E-state index is 9.27. The highest BCUT2D eigenvalue weighted by Crippen LogP contribution is 2.15. The van der Waals surface area contributed by atoms with E-state index in [0.717, 1.165) is 0 Å². The average Bonchev–Trinajstić information content (AvgIpc) is 1.87. The smallest absolute Gasteiger partial charge is 0.0698 e. The number of nitrogens with zero attached hydrogens (tertiary/aromatic N) is 1. The van der Waals surface area contributed by atoms with Crippen molar-refractivity contribution in [3.05, 3.63) is 0 Å². The van der Waals surface area contributed by atoms with Gasteiger partial charge in [-0.25, -0.2) is 0 Å². The molecule has 0 saturated heterocycles. The normalized spacial score (nSPS) is 16.4. The van der Waals surface area contributed by atoms with E-state index in [9.17, 15) is 5.11 Å². The Bertz CT molecular complexity index is 126. The lowest BCUT2D eigenvalue weighted by atomic mass is 9.91. The molecule has 2 heteroatoms. The molecule has 0 aromatic carbocycles. The van der Waals surface area contributed by atoms with Crippen LogP contribution in [-0.4, -0.2) is 11.2 Å². The third-order valence-corrected chi connectivity index (χ3v) is 1.96. The summed E-state index contributed by atoms with van der Waals surface area (Å²) in [5, 5.41) is 17.5. The maximum atomic E-state index is 9.27. The molecule has 0 saturated carbocycles. The summed E-state index contributed by atoms with van der Waals surface area (Å²) in [5.41, 5.74) is 0. The number of rotatable bonds is 3. The minimum Gasteiger partial charge on any atom is -0.392 e. The van der Waals surface area contributed by atoms with E-state index in [0.29, 0.717) is 5.92 Å². The molecule has 0 aliphatic rings. The molecule has 0 heterocycles. The molecule has 0 radical (unpaired) electrons. The topological polar surface area (TPSA) is 44.0 Å². The highest BCUT2D eigenvalue weighted by molar-refractivity contribution is 4.79. The first-order valence-corrected chi connectivity index (χ1v) is 3.64. The minimum atomic E-state index is -0.454. The lowest BCUT2D eigenvalue weighted by molar-refractivity contribution is 0.0961. The molecule has 0 rings (SSSR count). The number of aliphatic hydroxyl groups excluding tert-OH is 1. The summed E-state index contributed by atoms with van der Waals surface area (Å²) in [6.45, 7) is 6.06. The van der Waals surface area contributed by atoms with Crippen LogP contribution in [0, 0.1) is 23.2 Å². The van der Waals surface area contributed by atoms with E-state index in [1.807, 2.05) is 26.8 Å². The van der Waals surface area contributed by atoms with Crippen LogP contribution >= 0.6 is 0 Å². The molecule has 0 unspecified atom stereocenters. The zero-order valence-electron chi connectivity index (χ0n) is 6.83. The molecule has 1 N–H and O–H groups in total. The van der Waals surface area contributed by atoms with Gasteiger partial charge in [0.05, 0.1) is 18.6 Å². The van der Waals surface area contributed by atoms with Crippen molar-refractivity contribution in [2.75, 3.05) is 0 Å². The second kappa shape index (κ2) is 4.29. The van der Waals surface area contributed by atoms with Gasteiger partial charge in [-0.1, -0.05) is 20.8 Å². The molecule has 0 amide bonds. The second-order valence-corrected chi connectivity index (χ2v) is 3.03. The first-order valence-electron chi connectivity index (χ1n) is 3.64. The van der Waals surface area contributed by atoms with Gasteiger partial charge in [0, 0.05) is 0 Å². The SMILES string of the molecule is CC(C)[C@@H](C)[C@H](O)CC#N. The van der Waals surface area contributed by atoms with Gasteiger partial charge >= 0.3 is 0 Å². The molecule has 0 bridgehead atoms. The summed E-state index contributed by atoms with van der Waals surface area (Å²) < 4.78 is 0. The van der Waals surface area contributed by atoms with E-state index in [-0.39, 0.29) is 12.3 Å². The zero-order chi connectivity index (χ0) is 8.15. The van der Waals surface area contributed by atoms with Crippen LogP contribution in [0.2, 0.25) is 0 Å². The first-order chi connectivity index (χ1) is 4.59. The Kier molecular flexibility index (Phi) is 4.06. The molecule has 2 atom stereocenters. The van der Waals surface area contributed by atoms with E-state index in [4.69, 9.17) is 5.26 Å². The summed E-state index contributed by atoms with van der Waals surface area (Å²) >= 11 is 0. The molecule has 0 aliphatic heterocycles. The van der Waals surface area contributed by atoms with Crippen LogP contribution in [0.1, 0.15) is 27.2 Å². The van der Waals surface area contributed by atoms with Gasteiger partial charge in [0.2, 0.25) is 0 Å². The van der Waals surface area contributed by atoms with E-state index in [1.54, 1.807) is 0 Å². The van der Waals surface area contributed by atoms with E-state index >= 15 is 0 Å². The molecule has 10 heavy (non-hydrogen) atoms. The Morgan fingerprint density at radius 3 is 2.20 bits per heavy atom. The van der Waals surface area contributed by atoms with Crippen LogP contribution in [0.25, 0.3) is 0 Å². The molecular formula is C8H15NO. The van der Waals surface area contributed by atoms with Crippen molar-refractivity contribution in [3.63, 3.8) is 0 Å². The highest BCUT2D eigenvalue weighted by Gasteiger charge is 2.16. The van der Waals surface area contributed by atoms with Crippen molar-refractivity contribution in [2.45, 2.75) is 33.3 Å². The summed E-state index contributed by atoms with van der Waals surface area (Å²) in [7, 11) is 0. The van der Waals surface area contributed by atoms with Crippen molar-refractivity contribution >= 4 is 0 Å². The van der Waals surface area contributed by atoms with Crippen LogP contribution in [0.4, 0.5) is 0 Å². The maximum Gasteiger partial charge on any atom is 0.0698 e. The molecule has 0 aromatic heterocycles. The monoisotopic (exact) mass is 141 g/mol. The van der Waals surface area contributed by atoms with Crippen molar-refractivity contribution < 1.29 is 5.11 Å². The van der Waals surface area contributed by atoms with Gasteiger partial charge in [-0.3, -0.25) is 0 Å².